The zero-order valence-electron chi connectivity index (χ0n) is 12.5. The van der Waals surface area contributed by atoms with E-state index < -0.39 is 11.6 Å². The van der Waals surface area contributed by atoms with Gasteiger partial charge in [-0.05, 0) is 31.5 Å². The van der Waals surface area contributed by atoms with Crippen LogP contribution in [0.5, 0.6) is 5.75 Å². The zero-order valence-corrected chi connectivity index (χ0v) is 12.5. The average molecular weight is 295 g/mol. The standard InChI is InChI=1S/C17H23F2NO/c1-2-20-15-11-16(17(15)8-4-3-5-9-17)21-14-7-6-12(18)10-13(14)19/h6-7,10,15-16,20H,2-5,8-9,11H2,1H3. The Morgan fingerprint density at radius 1 is 1.24 bits per heavy atom. The van der Waals surface area contributed by atoms with Crippen molar-refractivity contribution in [1.82, 2.24) is 5.32 Å². The lowest BCUT2D eigenvalue weighted by Gasteiger charge is -2.57. The van der Waals surface area contributed by atoms with E-state index >= 15 is 0 Å². The van der Waals surface area contributed by atoms with Gasteiger partial charge in [-0.3, -0.25) is 0 Å². The SMILES string of the molecule is CCNC1CC(Oc2ccc(F)cc2F)C12CCCCC2. The van der Waals surface area contributed by atoms with Crippen LogP contribution in [-0.2, 0) is 0 Å². The molecular weight excluding hydrogens is 272 g/mol. The van der Waals surface area contributed by atoms with Crippen molar-refractivity contribution in [2.45, 2.75) is 57.6 Å². The quantitative estimate of drug-likeness (QED) is 0.905. The molecule has 2 saturated carbocycles. The Kier molecular flexibility index (Phi) is 4.16. The minimum absolute atomic E-state index is 0.0433. The van der Waals surface area contributed by atoms with Crippen molar-refractivity contribution in [2.75, 3.05) is 6.54 Å². The fraction of sp³-hybridized carbons (Fsp3) is 0.647. The van der Waals surface area contributed by atoms with Crippen molar-refractivity contribution in [1.29, 1.82) is 0 Å². The van der Waals surface area contributed by atoms with Crippen LogP contribution in [0.1, 0.15) is 45.4 Å². The maximum atomic E-state index is 13.8. The fourth-order valence-electron chi connectivity index (χ4n) is 4.05. The van der Waals surface area contributed by atoms with Gasteiger partial charge >= 0.3 is 0 Å². The molecule has 2 unspecified atom stereocenters. The van der Waals surface area contributed by atoms with Gasteiger partial charge in [-0.1, -0.05) is 26.2 Å². The van der Waals surface area contributed by atoms with Gasteiger partial charge in [0, 0.05) is 23.9 Å². The highest BCUT2D eigenvalue weighted by atomic mass is 19.1. The van der Waals surface area contributed by atoms with Gasteiger partial charge in [0.15, 0.2) is 11.6 Å². The van der Waals surface area contributed by atoms with Crippen LogP contribution in [0, 0.1) is 17.0 Å². The molecule has 2 aliphatic rings. The second-order valence-corrected chi connectivity index (χ2v) is 6.32. The van der Waals surface area contributed by atoms with Crippen molar-refractivity contribution in [2.24, 2.45) is 5.41 Å². The molecule has 21 heavy (non-hydrogen) atoms. The average Bonchev–Trinajstić information content (AvgIpc) is 2.49. The summed E-state index contributed by atoms with van der Waals surface area (Å²) in [4.78, 5) is 0. The van der Waals surface area contributed by atoms with Gasteiger partial charge in [0.05, 0.1) is 0 Å². The monoisotopic (exact) mass is 295 g/mol. The first-order valence-electron chi connectivity index (χ1n) is 8.01. The number of hydrogen-bond acceptors (Lipinski definition) is 2. The molecule has 0 radical (unpaired) electrons. The molecule has 2 atom stereocenters. The fourth-order valence-corrected chi connectivity index (χ4v) is 4.05. The molecule has 1 N–H and O–H groups in total. The Balaban J connectivity index is 1.75. The van der Waals surface area contributed by atoms with Crippen LogP contribution in [0.25, 0.3) is 0 Å². The van der Waals surface area contributed by atoms with Gasteiger partial charge in [-0.25, -0.2) is 8.78 Å². The van der Waals surface area contributed by atoms with Crippen LogP contribution in [0.2, 0.25) is 0 Å². The number of nitrogens with one attached hydrogen (secondary N) is 1. The van der Waals surface area contributed by atoms with Gasteiger partial charge in [0.1, 0.15) is 11.9 Å². The Bertz CT molecular complexity index is 500. The summed E-state index contributed by atoms with van der Waals surface area (Å²) in [5.74, 6) is -0.986. The van der Waals surface area contributed by atoms with Crippen molar-refractivity contribution in [3.05, 3.63) is 29.8 Å². The highest BCUT2D eigenvalue weighted by Gasteiger charge is 2.56. The highest BCUT2D eigenvalue weighted by molar-refractivity contribution is 5.26. The van der Waals surface area contributed by atoms with Crippen LogP contribution < -0.4 is 10.1 Å². The molecule has 0 aliphatic heterocycles. The van der Waals surface area contributed by atoms with Crippen molar-refractivity contribution >= 4 is 0 Å². The molecule has 0 aromatic heterocycles. The van der Waals surface area contributed by atoms with E-state index in [0.29, 0.717) is 6.04 Å². The van der Waals surface area contributed by atoms with E-state index in [-0.39, 0.29) is 17.3 Å². The lowest BCUT2D eigenvalue weighted by atomic mass is 9.55. The van der Waals surface area contributed by atoms with Crippen LogP contribution >= 0.6 is 0 Å². The minimum atomic E-state index is -0.604. The maximum absolute atomic E-state index is 13.8. The van der Waals surface area contributed by atoms with Crippen molar-refractivity contribution in [3.63, 3.8) is 0 Å². The summed E-state index contributed by atoms with van der Waals surface area (Å²) in [6.45, 7) is 3.06. The molecule has 1 spiro atoms. The summed E-state index contributed by atoms with van der Waals surface area (Å²) in [5, 5.41) is 3.55. The summed E-state index contributed by atoms with van der Waals surface area (Å²) in [5.41, 5.74) is 0.134. The van der Waals surface area contributed by atoms with Gasteiger partial charge in [0.2, 0.25) is 0 Å². The van der Waals surface area contributed by atoms with E-state index in [4.69, 9.17) is 4.74 Å². The predicted octanol–water partition coefficient (Wildman–Crippen LogP) is 4.04. The molecule has 4 heteroatoms. The smallest absolute Gasteiger partial charge is 0.167 e. The molecule has 0 heterocycles. The van der Waals surface area contributed by atoms with Crippen molar-refractivity contribution < 1.29 is 13.5 Å². The molecule has 1 aromatic carbocycles. The third-order valence-corrected chi connectivity index (χ3v) is 5.18. The number of halogens is 2. The third kappa shape index (κ3) is 2.66. The van der Waals surface area contributed by atoms with E-state index in [1.807, 2.05) is 0 Å². The molecule has 2 nitrogen and oxygen atoms in total. The van der Waals surface area contributed by atoms with E-state index in [1.165, 1.54) is 31.4 Å². The number of benzene rings is 1. The first-order valence-corrected chi connectivity index (χ1v) is 8.01. The van der Waals surface area contributed by atoms with Gasteiger partial charge < -0.3 is 10.1 Å². The zero-order chi connectivity index (χ0) is 14.9. The number of ether oxygens (including phenoxy) is 1. The van der Waals surface area contributed by atoms with E-state index in [1.54, 1.807) is 0 Å². The number of rotatable bonds is 4. The molecule has 1 aromatic rings. The summed E-state index contributed by atoms with van der Waals surface area (Å²) in [7, 11) is 0. The molecule has 2 aliphatic carbocycles. The normalized spacial score (nSPS) is 27.4. The van der Waals surface area contributed by atoms with E-state index in [0.717, 1.165) is 31.9 Å². The molecule has 2 fully saturated rings. The summed E-state index contributed by atoms with van der Waals surface area (Å²) < 4.78 is 32.7. The van der Waals surface area contributed by atoms with Crippen LogP contribution in [0.15, 0.2) is 18.2 Å². The molecular formula is C17H23F2NO. The van der Waals surface area contributed by atoms with Gasteiger partial charge in [-0.2, -0.15) is 0 Å². The largest absolute Gasteiger partial charge is 0.487 e. The molecule has 0 amide bonds. The van der Waals surface area contributed by atoms with E-state index in [2.05, 4.69) is 12.2 Å². The number of hydrogen-bond donors (Lipinski definition) is 1. The molecule has 116 valence electrons. The molecule has 0 bridgehead atoms. The second-order valence-electron chi connectivity index (χ2n) is 6.32. The lowest BCUT2D eigenvalue weighted by molar-refractivity contribution is -0.103. The topological polar surface area (TPSA) is 21.3 Å². The highest BCUT2D eigenvalue weighted by Crippen LogP contribution is 2.53. The van der Waals surface area contributed by atoms with Crippen LogP contribution in [-0.4, -0.2) is 18.7 Å². The third-order valence-electron chi connectivity index (χ3n) is 5.18. The summed E-state index contributed by atoms with van der Waals surface area (Å²) >= 11 is 0. The maximum Gasteiger partial charge on any atom is 0.167 e. The summed E-state index contributed by atoms with van der Waals surface area (Å²) in [6, 6.07) is 4.02. The Hall–Kier alpha value is -1.16. The minimum Gasteiger partial charge on any atom is -0.487 e. The van der Waals surface area contributed by atoms with Gasteiger partial charge in [-0.15, -0.1) is 0 Å². The predicted molar refractivity (Wildman–Crippen MR) is 78.4 cm³/mol. The molecule has 0 saturated heterocycles. The lowest BCUT2D eigenvalue weighted by Crippen LogP contribution is -2.65. The van der Waals surface area contributed by atoms with Crippen molar-refractivity contribution in [3.8, 4) is 5.75 Å². The first kappa shape index (κ1) is 14.8. The summed E-state index contributed by atoms with van der Waals surface area (Å²) in [6.07, 6.45) is 6.93. The van der Waals surface area contributed by atoms with E-state index in [9.17, 15) is 8.78 Å². The second kappa shape index (κ2) is 5.91. The van der Waals surface area contributed by atoms with Crippen LogP contribution in [0.3, 0.4) is 0 Å². The van der Waals surface area contributed by atoms with Crippen LogP contribution in [0.4, 0.5) is 8.78 Å². The first-order chi connectivity index (χ1) is 10.2. The Morgan fingerprint density at radius 3 is 2.67 bits per heavy atom. The Morgan fingerprint density at radius 2 is 2.00 bits per heavy atom. The Labute approximate surface area is 124 Å². The molecule has 3 rings (SSSR count). The van der Waals surface area contributed by atoms with Gasteiger partial charge in [0.25, 0.3) is 0 Å².